The van der Waals surface area contributed by atoms with Crippen LogP contribution in [-0.4, -0.2) is 27.4 Å². The molecule has 7 heteroatoms. The Kier molecular flexibility index (Phi) is 5.71. The van der Waals surface area contributed by atoms with E-state index in [0.29, 0.717) is 10.0 Å². The fourth-order valence-electron chi connectivity index (χ4n) is 1.30. The molecule has 0 aliphatic carbocycles. The van der Waals surface area contributed by atoms with Crippen LogP contribution in [0.2, 0.25) is 0 Å². The van der Waals surface area contributed by atoms with Crippen molar-refractivity contribution >= 4 is 26.0 Å². The van der Waals surface area contributed by atoms with Gasteiger partial charge in [0.05, 0.1) is 16.3 Å². The summed E-state index contributed by atoms with van der Waals surface area (Å²) in [5.74, 6) is -0.420. The van der Waals surface area contributed by atoms with Crippen molar-refractivity contribution in [1.82, 2.24) is 4.72 Å². The van der Waals surface area contributed by atoms with Gasteiger partial charge in [-0.1, -0.05) is 6.07 Å². The van der Waals surface area contributed by atoms with E-state index in [1.165, 1.54) is 19.2 Å². The minimum atomic E-state index is -3.45. The maximum Gasteiger partial charge on any atom is 0.216 e. The lowest BCUT2D eigenvalue weighted by Gasteiger charge is -2.13. The zero-order valence-corrected chi connectivity index (χ0v) is 12.5. The Bertz CT molecular complexity index is 507. The lowest BCUT2D eigenvalue weighted by molar-refractivity contribution is 0.200. The van der Waals surface area contributed by atoms with Crippen molar-refractivity contribution in [3.63, 3.8) is 0 Å². The average Bonchev–Trinajstić information content (AvgIpc) is 2.31. The summed E-state index contributed by atoms with van der Waals surface area (Å²) in [6, 6.07) is 4.47. The zero-order chi connectivity index (χ0) is 13.8. The number of nitrogens with one attached hydrogen (secondary N) is 1. The van der Waals surface area contributed by atoms with E-state index >= 15 is 0 Å². The number of hydrogen-bond acceptors (Lipinski definition) is 3. The molecule has 0 fully saturated rings. The minimum Gasteiger partial charge on any atom is -0.383 e. The van der Waals surface area contributed by atoms with E-state index in [2.05, 4.69) is 20.7 Å². The van der Waals surface area contributed by atoms with Crippen LogP contribution in [0, 0.1) is 5.82 Å². The van der Waals surface area contributed by atoms with E-state index < -0.39 is 21.1 Å². The number of benzene rings is 1. The number of sulfonamides is 1. The van der Waals surface area contributed by atoms with Gasteiger partial charge in [0.1, 0.15) is 5.82 Å². The van der Waals surface area contributed by atoms with Gasteiger partial charge in [-0.25, -0.2) is 17.5 Å². The van der Waals surface area contributed by atoms with Gasteiger partial charge in [0.2, 0.25) is 10.0 Å². The quantitative estimate of drug-likeness (QED) is 0.862. The molecule has 1 aromatic rings. The molecule has 102 valence electrons. The normalized spacial score (nSPS) is 13.6. The highest BCUT2D eigenvalue weighted by molar-refractivity contribution is 9.10. The molecule has 0 radical (unpaired) electrons. The van der Waals surface area contributed by atoms with Crippen molar-refractivity contribution in [1.29, 1.82) is 0 Å². The number of halogens is 2. The summed E-state index contributed by atoms with van der Waals surface area (Å²) >= 11 is 3.03. The molecule has 4 nitrogen and oxygen atoms in total. The van der Waals surface area contributed by atoms with Crippen molar-refractivity contribution in [3.8, 4) is 0 Å². The molecule has 0 aromatic heterocycles. The zero-order valence-electron chi connectivity index (χ0n) is 10.1. The van der Waals surface area contributed by atoms with Gasteiger partial charge in [-0.2, -0.15) is 0 Å². The van der Waals surface area contributed by atoms with Crippen molar-refractivity contribution in [2.45, 2.75) is 18.7 Å². The molecular formula is C11H15BrFNO3S. The lowest BCUT2D eigenvalue weighted by atomic mass is 10.2. The van der Waals surface area contributed by atoms with Crippen LogP contribution < -0.4 is 4.72 Å². The minimum absolute atomic E-state index is 0.0561. The predicted octanol–water partition coefficient (Wildman–Crippen LogP) is 2.04. The van der Waals surface area contributed by atoms with Crippen LogP contribution >= 0.6 is 15.9 Å². The molecular weight excluding hydrogens is 325 g/mol. The van der Waals surface area contributed by atoms with Crippen LogP contribution in [0.3, 0.4) is 0 Å². The molecule has 0 saturated carbocycles. The highest BCUT2D eigenvalue weighted by atomic mass is 79.9. The van der Waals surface area contributed by atoms with Gasteiger partial charge < -0.3 is 4.74 Å². The van der Waals surface area contributed by atoms with Crippen molar-refractivity contribution in [3.05, 3.63) is 34.1 Å². The first-order valence-electron chi connectivity index (χ1n) is 5.28. The van der Waals surface area contributed by atoms with Crippen LogP contribution in [0.15, 0.2) is 22.7 Å². The number of rotatable bonds is 6. The second kappa shape index (κ2) is 6.60. The third kappa shape index (κ3) is 4.31. The van der Waals surface area contributed by atoms with Crippen molar-refractivity contribution in [2.75, 3.05) is 13.7 Å². The van der Waals surface area contributed by atoms with Crippen molar-refractivity contribution < 1.29 is 17.5 Å². The SMILES string of the molecule is COCC(C)S(=O)(=O)NCc1ccc(Br)c(F)c1. The molecule has 1 atom stereocenters. The van der Waals surface area contributed by atoms with Crippen molar-refractivity contribution in [2.24, 2.45) is 0 Å². The summed E-state index contributed by atoms with van der Waals surface area (Å²) in [4.78, 5) is 0. The van der Waals surface area contributed by atoms with Crippen LogP contribution in [0.1, 0.15) is 12.5 Å². The summed E-state index contributed by atoms with van der Waals surface area (Å²) < 4.78 is 44.3. The Morgan fingerprint density at radius 3 is 2.72 bits per heavy atom. The highest BCUT2D eigenvalue weighted by Gasteiger charge is 2.19. The maximum absolute atomic E-state index is 13.2. The molecule has 0 spiro atoms. The van der Waals surface area contributed by atoms with Gasteiger partial charge >= 0.3 is 0 Å². The fourth-order valence-corrected chi connectivity index (χ4v) is 2.51. The molecule has 18 heavy (non-hydrogen) atoms. The molecule has 1 N–H and O–H groups in total. The molecule has 1 rings (SSSR count). The second-order valence-corrected chi connectivity index (χ2v) is 6.92. The van der Waals surface area contributed by atoms with Crippen LogP contribution in [0.25, 0.3) is 0 Å². The molecule has 0 aliphatic heterocycles. The first-order chi connectivity index (χ1) is 8.36. The molecule has 0 amide bonds. The monoisotopic (exact) mass is 339 g/mol. The molecule has 0 saturated heterocycles. The molecule has 0 aliphatic rings. The number of hydrogen-bond donors (Lipinski definition) is 1. The van der Waals surface area contributed by atoms with Gasteiger partial charge in [-0.15, -0.1) is 0 Å². The Morgan fingerprint density at radius 2 is 2.17 bits per heavy atom. The van der Waals surface area contributed by atoms with Gasteiger partial charge in [0.25, 0.3) is 0 Å². The van der Waals surface area contributed by atoms with E-state index in [-0.39, 0.29) is 13.2 Å². The van der Waals surface area contributed by atoms with E-state index in [0.717, 1.165) is 0 Å². The standard InChI is InChI=1S/C11H15BrFNO3S/c1-8(7-17-2)18(15,16)14-6-9-3-4-10(12)11(13)5-9/h3-5,8,14H,6-7H2,1-2H3. The van der Waals surface area contributed by atoms with E-state index in [4.69, 9.17) is 4.74 Å². The summed E-state index contributed by atoms with van der Waals surface area (Å²) in [5, 5.41) is -0.650. The van der Waals surface area contributed by atoms with Gasteiger partial charge in [-0.05, 0) is 40.5 Å². The molecule has 1 aromatic carbocycles. The third-order valence-corrected chi connectivity index (χ3v) is 4.78. The summed E-state index contributed by atoms with van der Waals surface area (Å²) in [7, 11) is -2.01. The van der Waals surface area contributed by atoms with Gasteiger partial charge in [-0.3, -0.25) is 0 Å². The predicted molar refractivity (Wildman–Crippen MR) is 71.2 cm³/mol. The average molecular weight is 340 g/mol. The number of methoxy groups -OCH3 is 1. The maximum atomic E-state index is 13.2. The van der Waals surface area contributed by atoms with E-state index in [9.17, 15) is 12.8 Å². The summed E-state index contributed by atoms with van der Waals surface area (Å²) in [6.45, 7) is 1.72. The number of ether oxygens (including phenoxy) is 1. The Morgan fingerprint density at radius 1 is 1.50 bits per heavy atom. The fraction of sp³-hybridized carbons (Fsp3) is 0.455. The van der Waals surface area contributed by atoms with E-state index in [1.54, 1.807) is 13.0 Å². The van der Waals surface area contributed by atoms with Crippen LogP contribution in [0.5, 0.6) is 0 Å². The van der Waals surface area contributed by atoms with Gasteiger partial charge in [0.15, 0.2) is 0 Å². The molecule has 1 unspecified atom stereocenters. The lowest BCUT2D eigenvalue weighted by Crippen LogP contribution is -2.34. The summed E-state index contributed by atoms with van der Waals surface area (Å²) in [6.07, 6.45) is 0. The first-order valence-corrected chi connectivity index (χ1v) is 7.62. The van der Waals surface area contributed by atoms with Crippen LogP contribution in [0.4, 0.5) is 4.39 Å². The Balaban J connectivity index is 2.67. The smallest absolute Gasteiger partial charge is 0.216 e. The largest absolute Gasteiger partial charge is 0.383 e. The highest BCUT2D eigenvalue weighted by Crippen LogP contribution is 2.16. The second-order valence-electron chi connectivity index (χ2n) is 3.88. The first kappa shape index (κ1) is 15.6. The molecule has 0 heterocycles. The molecule has 0 bridgehead atoms. The summed E-state index contributed by atoms with van der Waals surface area (Å²) in [5.41, 5.74) is 0.559. The van der Waals surface area contributed by atoms with Gasteiger partial charge in [0, 0.05) is 13.7 Å². The Labute approximate surface area is 115 Å². The van der Waals surface area contributed by atoms with Crippen LogP contribution in [-0.2, 0) is 21.3 Å². The third-order valence-electron chi connectivity index (χ3n) is 2.39. The van der Waals surface area contributed by atoms with E-state index in [1.807, 2.05) is 0 Å². The Hall–Kier alpha value is -0.500. The topological polar surface area (TPSA) is 55.4 Å².